The SMILES string of the molecule is CCOc1cc(C=O)ccc1OCc1nc(C(C)C)no1. The second-order valence-electron chi connectivity index (χ2n) is 4.75. The number of aldehydes is 1. The molecule has 0 radical (unpaired) electrons. The van der Waals surface area contributed by atoms with Crippen LogP contribution in [0.4, 0.5) is 0 Å². The molecule has 0 saturated carbocycles. The Labute approximate surface area is 123 Å². The highest BCUT2D eigenvalue weighted by molar-refractivity contribution is 5.76. The van der Waals surface area contributed by atoms with E-state index in [-0.39, 0.29) is 12.5 Å². The molecule has 0 amide bonds. The molecule has 6 heteroatoms. The Balaban J connectivity index is 2.09. The van der Waals surface area contributed by atoms with Gasteiger partial charge in [-0.3, -0.25) is 4.79 Å². The lowest BCUT2D eigenvalue weighted by Crippen LogP contribution is -2.01. The van der Waals surface area contributed by atoms with Crippen LogP contribution in [0, 0.1) is 0 Å². The van der Waals surface area contributed by atoms with E-state index < -0.39 is 0 Å². The van der Waals surface area contributed by atoms with Crippen LogP contribution in [-0.2, 0) is 6.61 Å². The van der Waals surface area contributed by atoms with E-state index >= 15 is 0 Å². The van der Waals surface area contributed by atoms with Gasteiger partial charge in [-0.1, -0.05) is 19.0 Å². The van der Waals surface area contributed by atoms with Gasteiger partial charge in [0.25, 0.3) is 5.89 Å². The number of carbonyl (C=O) groups is 1. The number of nitrogens with zero attached hydrogens (tertiary/aromatic N) is 2. The van der Waals surface area contributed by atoms with Crippen molar-refractivity contribution in [2.75, 3.05) is 6.61 Å². The molecular weight excluding hydrogens is 272 g/mol. The van der Waals surface area contributed by atoms with E-state index in [2.05, 4.69) is 10.1 Å². The van der Waals surface area contributed by atoms with Crippen LogP contribution >= 0.6 is 0 Å². The summed E-state index contributed by atoms with van der Waals surface area (Å²) in [6, 6.07) is 4.99. The van der Waals surface area contributed by atoms with Gasteiger partial charge >= 0.3 is 0 Å². The zero-order valence-electron chi connectivity index (χ0n) is 12.3. The number of carbonyl (C=O) groups excluding carboxylic acids is 1. The predicted molar refractivity (Wildman–Crippen MR) is 75.7 cm³/mol. The van der Waals surface area contributed by atoms with Crippen molar-refractivity contribution in [3.05, 3.63) is 35.5 Å². The van der Waals surface area contributed by atoms with E-state index in [0.717, 1.165) is 6.29 Å². The number of aromatic nitrogens is 2. The molecule has 0 fully saturated rings. The number of ether oxygens (including phenoxy) is 2. The summed E-state index contributed by atoms with van der Waals surface area (Å²) in [6.07, 6.45) is 0.763. The maximum Gasteiger partial charge on any atom is 0.264 e. The maximum atomic E-state index is 10.8. The van der Waals surface area contributed by atoms with Crippen molar-refractivity contribution in [1.29, 1.82) is 0 Å². The van der Waals surface area contributed by atoms with E-state index in [4.69, 9.17) is 14.0 Å². The quantitative estimate of drug-likeness (QED) is 0.730. The number of hydrogen-bond acceptors (Lipinski definition) is 6. The Morgan fingerprint density at radius 3 is 2.71 bits per heavy atom. The molecule has 2 aromatic rings. The molecule has 21 heavy (non-hydrogen) atoms. The highest BCUT2D eigenvalue weighted by atomic mass is 16.5. The first-order valence-electron chi connectivity index (χ1n) is 6.81. The Morgan fingerprint density at radius 2 is 2.10 bits per heavy atom. The molecule has 6 nitrogen and oxygen atoms in total. The van der Waals surface area contributed by atoms with Crippen molar-refractivity contribution in [1.82, 2.24) is 10.1 Å². The Hall–Kier alpha value is -2.37. The molecular formula is C15H18N2O4. The first kappa shape index (κ1) is 15.0. The molecule has 0 bridgehead atoms. The third-order valence-corrected chi connectivity index (χ3v) is 2.76. The third kappa shape index (κ3) is 3.81. The van der Waals surface area contributed by atoms with Crippen LogP contribution in [0.3, 0.4) is 0 Å². The minimum Gasteiger partial charge on any atom is -0.490 e. The zero-order chi connectivity index (χ0) is 15.2. The summed E-state index contributed by atoms with van der Waals surface area (Å²) in [5.41, 5.74) is 0.533. The predicted octanol–water partition coefficient (Wildman–Crippen LogP) is 2.98. The second-order valence-corrected chi connectivity index (χ2v) is 4.75. The van der Waals surface area contributed by atoms with E-state index in [1.807, 2.05) is 20.8 Å². The number of hydrogen-bond donors (Lipinski definition) is 0. The Bertz CT molecular complexity index is 607. The van der Waals surface area contributed by atoms with E-state index in [9.17, 15) is 4.79 Å². The fourth-order valence-electron chi connectivity index (χ4n) is 1.69. The summed E-state index contributed by atoms with van der Waals surface area (Å²) in [5, 5.41) is 3.87. The molecule has 0 N–H and O–H groups in total. The molecule has 0 spiro atoms. The van der Waals surface area contributed by atoms with Crippen LogP contribution in [0.15, 0.2) is 22.7 Å². The highest BCUT2D eigenvalue weighted by Crippen LogP contribution is 2.28. The summed E-state index contributed by atoms with van der Waals surface area (Å²) in [5.74, 6) is 2.31. The van der Waals surface area contributed by atoms with Gasteiger partial charge in [0.15, 0.2) is 23.9 Å². The van der Waals surface area contributed by atoms with Gasteiger partial charge in [-0.15, -0.1) is 0 Å². The lowest BCUT2D eigenvalue weighted by atomic mass is 10.2. The van der Waals surface area contributed by atoms with E-state index in [1.165, 1.54) is 0 Å². The minimum absolute atomic E-state index is 0.153. The van der Waals surface area contributed by atoms with Gasteiger partial charge in [0.1, 0.15) is 6.29 Å². The number of benzene rings is 1. The van der Waals surface area contributed by atoms with Crippen LogP contribution in [0.25, 0.3) is 0 Å². The molecule has 112 valence electrons. The van der Waals surface area contributed by atoms with Crippen LogP contribution in [0.2, 0.25) is 0 Å². The van der Waals surface area contributed by atoms with E-state index in [1.54, 1.807) is 18.2 Å². The lowest BCUT2D eigenvalue weighted by molar-refractivity contribution is 0.112. The van der Waals surface area contributed by atoms with Gasteiger partial charge in [-0.25, -0.2) is 0 Å². The van der Waals surface area contributed by atoms with Gasteiger partial charge in [0.05, 0.1) is 6.61 Å². The Kier molecular flexibility index (Phi) is 4.92. The minimum atomic E-state index is 0.153. The molecule has 0 aliphatic carbocycles. The van der Waals surface area contributed by atoms with Gasteiger partial charge in [0.2, 0.25) is 0 Å². The summed E-state index contributed by atoms with van der Waals surface area (Å²) >= 11 is 0. The van der Waals surface area contributed by atoms with Crippen molar-refractivity contribution in [2.24, 2.45) is 0 Å². The van der Waals surface area contributed by atoms with Crippen molar-refractivity contribution >= 4 is 6.29 Å². The molecule has 1 aromatic carbocycles. The molecule has 0 atom stereocenters. The highest BCUT2D eigenvalue weighted by Gasteiger charge is 2.12. The first-order chi connectivity index (χ1) is 10.1. The smallest absolute Gasteiger partial charge is 0.264 e. The largest absolute Gasteiger partial charge is 0.490 e. The number of rotatable bonds is 7. The Morgan fingerprint density at radius 1 is 1.29 bits per heavy atom. The summed E-state index contributed by atoms with van der Waals surface area (Å²) in [4.78, 5) is 15.0. The second kappa shape index (κ2) is 6.88. The molecule has 1 aromatic heterocycles. The van der Waals surface area contributed by atoms with Crippen LogP contribution < -0.4 is 9.47 Å². The average molecular weight is 290 g/mol. The average Bonchev–Trinajstić information content (AvgIpc) is 2.95. The molecule has 0 saturated heterocycles. The van der Waals surface area contributed by atoms with Gasteiger partial charge < -0.3 is 14.0 Å². The van der Waals surface area contributed by atoms with Gasteiger partial charge in [0, 0.05) is 11.5 Å². The molecule has 0 aliphatic heterocycles. The van der Waals surface area contributed by atoms with Crippen LogP contribution in [0.1, 0.15) is 48.8 Å². The maximum absolute atomic E-state index is 10.8. The molecule has 1 heterocycles. The summed E-state index contributed by atoms with van der Waals surface area (Å²) in [6.45, 7) is 6.48. The topological polar surface area (TPSA) is 74.5 Å². The van der Waals surface area contributed by atoms with Crippen molar-refractivity contribution < 1.29 is 18.8 Å². The summed E-state index contributed by atoms with van der Waals surface area (Å²) in [7, 11) is 0. The lowest BCUT2D eigenvalue weighted by Gasteiger charge is -2.10. The summed E-state index contributed by atoms with van der Waals surface area (Å²) < 4.78 is 16.2. The fraction of sp³-hybridized carbons (Fsp3) is 0.400. The molecule has 0 aliphatic rings. The van der Waals surface area contributed by atoms with Crippen LogP contribution in [0.5, 0.6) is 11.5 Å². The third-order valence-electron chi connectivity index (χ3n) is 2.76. The first-order valence-corrected chi connectivity index (χ1v) is 6.81. The zero-order valence-corrected chi connectivity index (χ0v) is 12.3. The molecule has 2 rings (SSSR count). The fourth-order valence-corrected chi connectivity index (χ4v) is 1.69. The van der Waals surface area contributed by atoms with E-state index in [0.29, 0.717) is 35.4 Å². The molecule has 0 unspecified atom stereocenters. The normalized spacial score (nSPS) is 10.7. The van der Waals surface area contributed by atoms with Crippen molar-refractivity contribution in [2.45, 2.75) is 33.3 Å². The van der Waals surface area contributed by atoms with Gasteiger partial charge in [-0.05, 0) is 25.1 Å². The monoisotopic (exact) mass is 290 g/mol. The van der Waals surface area contributed by atoms with Crippen molar-refractivity contribution in [3.8, 4) is 11.5 Å². The van der Waals surface area contributed by atoms with Gasteiger partial charge in [-0.2, -0.15) is 4.98 Å². The standard InChI is InChI=1S/C15H18N2O4/c1-4-19-13-7-11(8-18)5-6-12(13)20-9-14-16-15(10(2)3)17-21-14/h5-8,10H,4,9H2,1-3H3. The van der Waals surface area contributed by atoms with Crippen LogP contribution in [-0.4, -0.2) is 23.0 Å². The van der Waals surface area contributed by atoms with Crippen molar-refractivity contribution in [3.63, 3.8) is 0 Å².